The van der Waals surface area contributed by atoms with Crippen LogP contribution in [0.1, 0.15) is 81.6 Å². The summed E-state index contributed by atoms with van der Waals surface area (Å²) >= 11 is 0. The van der Waals surface area contributed by atoms with Crippen molar-refractivity contribution in [3.05, 3.63) is 89.5 Å². The van der Waals surface area contributed by atoms with Crippen LogP contribution in [0, 0.1) is 0 Å². The fourth-order valence-corrected chi connectivity index (χ4v) is 4.19. The molecule has 0 radical (unpaired) electrons. The van der Waals surface area contributed by atoms with Crippen molar-refractivity contribution in [2.75, 3.05) is 0 Å². The van der Waals surface area contributed by atoms with Gasteiger partial charge in [0.25, 0.3) is 5.82 Å². The second-order valence-corrected chi connectivity index (χ2v) is 8.57. The fraction of sp³-hybridized carbons (Fsp3) is 0.444. The average molecular weight is 390 g/mol. The lowest BCUT2D eigenvalue weighted by atomic mass is 9.96. The Hall–Kier alpha value is -2.35. The smallest absolute Gasteiger partial charge is 0.232 e. The summed E-state index contributed by atoms with van der Waals surface area (Å²) in [6.45, 7) is 10.4. The van der Waals surface area contributed by atoms with Crippen LogP contribution in [0.3, 0.4) is 0 Å². The third-order valence-electron chi connectivity index (χ3n) is 5.88. The highest BCUT2D eigenvalue weighted by Crippen LogP contribution is 2.22. The fourth-order valence-electron chi connectivity index (χ4n) is 4.19. The van der Waals surface area contributed by atoms with Crippen LogP contribution in [0.2, 0.25) is 0 Å². The van der Waals surface area contributed by atoms with Gasteiger partial charge in [0.05, 0.1) is 19.0 Å². The van der Waals surface area contributed by atoms with Crippen molar-refractivity contribution in [3.63, 3.8) is 0 Å². The zero-order chi connectivity index (χ0) is 20.6. The van der Waals surface area contributed by atoms with E-state index in [0.29, 0.717) is 12.0 Å². The van der Waals surface area contributed by atoms with E-state index in [0.717, 1.165) is 19.4 Å². The Bertz CT molecular complexity index is 862. The van der Waals surface area contributed by atoms with Crippen LogP contribution in [0.25, 0.3) is 0 Å². The molecule has 1 unspecified atom stereocenters. The molecule has 154 valence electrons. The number of nitrogens with zero attached hydrogens (tertiary/aromatic N) is 2. The van der Waals surface area contributed by atoms with Gasteiger partial charge < -0.3 is 0 Å². The summed E-state index contributed by atoms with van der Waals surface area (Å²) in [6.07, 6.45) is 8.29. The lowest BCUT2D eigenvalue weighted by Crippen LogP contribution is -2.42. The first-order valence-corrected chi connectivity index (χ1v) is 11.3. The zero-order valence-electron chi connectivity index (χ0n) is 18.6. The second kappa shape index (κ2) is 10.4. The van der Waals surface area contributed by atoms with Gasteiger partial charge in [-0.15, -0.1) is 0 Å². The summed E-state index contributed by atoms with van der Waals surface area (Å²) in [5, 5.41) is 0. The Morgan fingerprint density at radius 1 is 0.862 bits per heavy atom. The minimum Gasteiger partial charge on any atom is -0.232 e. The number of hydrogen-bond acceptors (Lipinski definition) is 0. The largest absolute Gasteiger partial charge is 0.261 e. The maximum atomic E-state index is 2.63. The molecular weight excluding hydrogens is 352 g/mol. The van der Waals surface area contributed by atoms with Crippen molar-refractivity contribution in [2.24, 2.45) is 0 Å². The maximum Gasteiger partial charge on any atom is 0.261 e. The molecule has 1 aromatic heterocycles. The minimum atomic E-state index is 0.465. The monoisotopic (exact) mass is 389 g/mol. The number of hydrogen-bond donors (Lipinski definition) is 0. The average Bonchev–Trinajstić information content (AvgIpc) is 3.07. The number of imidazole rings is 1. The van der Waals surface area contributed by atoms with E-state index in [9.17, 15) is 0 Å². The first-order valence-electron chi connectivity index (χ1n) is 11.3. The summed E-state index contributed by atoms with van der Waals surface area (Å²) in [5.41, 5.74) is 4.28. The molecule has 2 aromatic carbocycles. The topological polar surface area (TPSA) is 8.81 Å². The summed E-state index contributed by atoms with van der Waals surface area (Å²) in [4.78, 5) is 0. The molecular formula is C27H37N2+. The zero-order valence-corrected chi connectivity index (χ0v) is 18.6. The molecule has 1 heterocycles. The molecule has 0 saturated carbocycles. The van der Waals surface area contributed by atoms with E-state index >= 15 is 0 Å². The van der Waals surface area contributed by atoms with E-state index in [-0.39, 0.29) is 0 Å². The summed E-state index contributed by atoms with van der Waals surface area (Å²) < 4.78 is 5.13. The van der Waals surface area contributed by atoms with E-state index in [4.69, 9.17) is 0 Å². The van der Waals surface area contributed by atoms with Crippen LogP contribution in [-0.4, -0.2) is 4.57 Å². The molecule has 0 fully saturated rings. The normalized spacial score (nSPS) is 12.4. The predicted octanol–water partition coefficient (Wildman–Crippen LogP) is 6.48. The third-order valence-corrected chi connectivity index (χ3v) is 5.88. The van der Waals surface area contributed by atoms with Gasteiger partial charge in [0, 0.05) is 6.42 Å². The molecule has 0 bridgehead atoms. The highest BCUT2D eigenvalue weighted by Gasteiger charge is 2.26. The van der Waals surface area contributed by atoms with Crippen LogP contribution < -0.4 is 4.57 Å². The standard InChI is InChI=1S/C27H37N2/c1-5-6-13-18-28-26(19-23(4)25-16-11-8-12-17-25)21-29(22(2)3)27(28)20-24-14-9-7-10-15-24/h7-12,14-17,21-23H,5-6,13,18-20H2,1-4H3/q+1. The second-order valence-electron chi connectivity index (χ2n) is 8.57. The van der Waals surface area contributed by atoms with Gasteiger partial charge in [-0.25, -0.2) is 9.13 Å². The van der Waals surface area contributed by atoms with E-state index in [1.54, 1.807) is 0 Å². The van der Waals surface area contributed by atoms with Gasteiger partial charge in [0.2, 0.25) is 0 Å². The first-order chi connectivity index (χ1) is 14.1. The van der Waals surface area contributed by atoms with Gasteiger partial charge in [-0.05, 0) is 43.7 Å². The quantitative estimate of drug-likeness (QED) is 0.277. The Morgan fingerprint density at radius 3 is 2.14 bits per heavy atom. The summed E-state index contributed by atoms with van der Waals surface area (Å²) in [7, 11) is 0. The molecule has 0 N–H and O–H groups in total. The Morgan fingerprint density at radius 2 is 1.52 bits per heavy atom. The molecule has 0 spiro atoms. The molecule has 0 aliphatic rings. The first kappa shape index (κ1) is 21.4. The molecule has 1 atom stereocenters. The molecule has 3 rings (SSSR count). The lowest BCUT2D eigenvalue weighted by Gasteiger charge is -2.12. The van der Waals surface area contributed by atoms with Crippen molar-refractivity contribution >= 4 is 0 Å². The van der Waals surface area contributed by atoms with Crippen molar-refractivity contribution in [1.82, 2.24) is 4.57 Å². The molecule has 3 aromatic rings. The summed E-state index contributed by atoms with van der Waals surface area (Å²) in [6, 6.07) is 22.3. The number of benzene rings is 2. The van der Waals surface area contributed by atoms with Gasteiger partial charge in [-0.3, -0.25) is 0 Å². The van der Waals surface area contributed by atoms with Gasteiger partial charge in [0.15, 0.2) is 0 Å². The molecule has 0 aliphatic carbocycles. The third kappa shape index (κ3) is 5.59. The van der Waals surface area contributed by atoms with E-state index in [1.807, 2.05) is 0 Å². The van der Waals surface area contributed by atoms with Crippen LogP contribution >= 0.6 is 0 Å². The number of aromatic nitrogens is 2. The minimum absolute atomic E-state index is 0.465. The Balaban J connectivity index is 1.96. The SMILES string of the molecule is CCCCC[n+]1c(CC(C)c2ccccc2)cn(C(C)C)c1Cc1ccccc1. The summed E-state index contributed by atoms with van der Waals surface area (Å²) in [5.74, 6) is 1.96. The van der Waals surface area contributed by atoms with E-state index < -0.39 is 0 Å². The van der Waals surface area contributed by atoms with E-state index in [2.05, 4.69) is 104 Å². The van der Waals surface area contributed by atoms with E-state index in [1.165, 1.54) is 41.9 Å². The maximum absolute atomic E-state index is 2.63. The Kier molecular flexibility index (Phi) is 7.69. The van der Waals surface area contributed by atoms with Gasteiger partial charge in [-0.1, -0.05) is 80.9 Å². The van der Waals surface area contributed by atoms with Crippen molar-refractivity contribution in [2.45, 2.75) is 78.3 Å². The molecule has 0 saturated heterocycles. The van der Waals surface area contributed by atoms with Gasteiger partial charge in [0.1, 0.15) is 11.9 Å². The van der Waals surface area contributed by atoms with Crippen LogP contribution in [-0.2, 0) is 19.4 Å². The van der Waals surface area contributed by atoms with Crippen LogP contribution in [0.15, 0.2) is 66.9 Å². The number of unbranched alkanes of at least 4 members (excludes halogenated alkanes) is 2. The highest BCUT2D eigenvalue weighted by atomic mass is 15.2. The molecule has 0 amide bonds. The molecule has 0 aliphatic heterocycles. The predicted molar refractivity (Wildman–Crippen MR) is 122 cm³/mol. The lowest BCUT2D eigenvalue weighted by molar-refractivity contribution is -0.710. The van der Waals surface area contributed by atoms with Crippen molar-refractivity contribution in [3.8, 4) is 0 Å². The van der Waals surface area contributed by atoms with Gasteiger partial charge >= 0.3 is 0 Å². The van der Waals surface area contributed by atoms with Crippen LogP contribution in [0.5, 0.6) is 0 Å². The number of rotatable bonds is 10. The van der Waals surface area contributed by atoms with Gasteiger partial charge in [-0.2, -0.15) is 0 Å². The highest BCUT2D eigenvalue weighted by molar-refractivity contribution is 5.21. The van der Waals surface area contributed by atoms with Crippen molar-refractivity contribution < 1.29 is 4.57 Å². The molecule has 2 heteroatoms. The van der Waals surface area contributed by atoms with Crippen molar-refractivity contribution in [1.29, 1.82) is 0 Å². The Labute approximate surface area is 177 Å². The van der Waals surface area contributed by atoms with Crippen LogP contribution in [0.4, 0.5) is 0 Å². The molecule has 2 nitrogen and oxygen atoms in total. The molecule has 29 heavy (non-hydrogen) atoms.